The number of rotatable bonds is 5. The smallest absolute Gasteiger partial charge is 0.271 e. The fourth-order valence-electron chi connectivity index (χ4n) is 1.99. The maximum absolute atomic E-state index is 12.1. The van der Waals surface area contributed by atoms with Crippen LogP contribution in [0.4, 0.5) is 0 Å². The molecule has 0 aliphatic carbocycles. The Morgan fingerprint density at radius 3 is 2.59 bits per heavy atom. The summed E-state index contributed by atoms with van der Waals surface area (Å²) < 4.78 is 0. The number of nitrogens with zero attached hydrogens (tertiary/aromatic N) is 2. The van der Waals surface area contributed by atoms with Gasteiger partial charge in [-0.05, 0) is 12.5 Å². The van der Waals surface area contributed by atoms with E-state index in [4.69, 9.17) is 0 Å². The van der Waals surface area contributed by atoms with Crippen LogP contribution in [0.3, 0.4) is 0 Å². The minimum absolute atomic E-state index is 0.145. The van der Waals surface area contributed by atoms with E-state index >= 15 is 0 Å². The van der Waals surface area contributed by atoms with Gasteiger partial charge < -0.3 is 10.2 Å². The predicted molar refractivity (Wildman–Crippen MR) is 87.0 cm³/mol. The zero-order valence-corrected chi connectivity index (χ0v) is 13.7. The van der Waals surface area contributed by atoms with E-state index in [9.17, 15) is 9.59 Å². The van der Waals surface area contributed by atoms with Crippen LogP contribution in [-0.4, -0.2) is 41.8 Å². The highest BCUT2D eigenvalue weighted by atomic mass is 32.1. The third-order valence-electron chi connectivity index (χ3n) is 3.14. The highest BCUT2D eigenvalue weighted by Gasteiger charge is 2.19. The molecule has 0 bridgehead atoms. The number of hydrogen-bond donors (Lipinski definition) is 1. The molecule has 0 saturated heterocycles. The van der Waals surface area contributed by atoms with Crippen LogP contribution in [0.15, 0.2) is 35.7 Å². The van der Waals surface area contributed by atoms with Crippen LogP contribution in [0.5, 0.6) is 0 Å². The van der Waals surface area contributed by atoms with Gasteiger partial charge in [0.05, 0.1) is 5.01 Å². The number of aromatic nitrogens is 1. The van der Waals surface area contributed by atoms with E-state index in [1.165, 1.54) is 16.2 Å². The Bertz CT molecular complexity index is 652. The van der Waals surface area contributed by atoms with Crippen molar-refractivity contribution in [2.24, 2.45) is 0 Å². The van der Waals surface area contributed by atoms with Crippen molar-refractivity contribution in [3.63, 3.8) is 0 Å². The zero-order chi connectivity index (χ0) is 16.1. The second kappa shape index (κ2) is 7.17. The lowest BCUT2D eigenvalue weighted by molar-refractivity contribution is -0.130. The molecule has 0 saturated carbocycles. The number of thiazole rings is 1. The molecule has 2 aromatic rings. The minimum atomic E-state index is -0.568. The second-order valence-corrected chi connectivity index (χ2v) is 6.16. The molecule has 1 aromatic carbocycles. The van der Waals surface area contributed by atoms with Crippen molar-refractivity contribution >= 4 is 23.2 Å². The number of carbonyl (C=O) groups excluding carboxylic acids is 2. The Kier molecular flexibility index (Phi) is 5.27. The predicted octanol–water partition coefficient (Wildman–Crippen LogP) is 1.94. The third kappa shape index (κ3) is 4.14. The zero-order valence-electron chi connectivity index (χ0n) is 12.9. The van der Waals surface area contributed by atoms with E-state index in [2.05, 4.69) is 10.3 Å². The van der Waals surface area contributed by atoms with Gasteiger partial charge in [-0.25, -0.2) is 4.98 Å². The van der Waals surface area contributed by atoms with Crippen LogP contribution in [0.2, 0.25) is 0 Å². The summed E-state index contributed by atoms with van der Waals surface area (Å²) in [5.41, 5.74) is 1.51. The summed E-state index contributed by atoms with van der Waals surface area (Å²) in [5.74, 6) is -0.466. The second-order valence-electron chi connectivity index (χ2n) is 5.22. The van der Waals surface area contributed by atoms with Crippen molar-refractivity contribution in [1.29, 1.82) is 0 Å². The molecule has 0 aliphatic heterocycles. The van der Waals surface area contributed by atoms with Crippen molar-refractivity contribution in [3.05, 3.63) is 52.0 Å². The average molecular weight is 317 g/mol. The molecule has 1 atom stereocenters. The molecule has 0 spiro atoms. The Morgan fingerprint density at radius 2 is 1.95 bits per heavy atom. The van der Waals surface area contributed by atoms with E-state index in [0.29, 0.717) is 12.1 Å². The first kappa shape index (κ1) is 16.2. The highest BCUT2D eigenvalue weighted by Crippen LogP contribution is 2.14. The molecule has 2 amide bonds. The molecule has 116 valence electrons. The Hall–Kier alpha value is -2.21. The molecule has 1 N–H and O–H groups in total. The standard InChI is InChI=1S/C16H19N3O2S/c1-11(16(21)19(2)3)17-15(20)13-10-22-14(18-13)9-12-7-5-4-6-8-12/h4-8,10-11H,9H2,1-3H3,(H,17,20)/t11-/m0/s1. The molecule has 0 aliphatic rings. The number of carbonyl (C=O) groups is 2. The van der Waals surface area contributed by atoms with Gasteiger partial charge in [0.2, 0.25) is 5.91 Å². The number of nitrogens with one attached hydrogen (secondary N) is 1. The first-order valence-corrected chi connectivity index (χ1v) is 7.85. The molecule has 1 heterocycles. The summed E-state index contributed by atoms with van der Waals surface area (Å²) in [7, 11) is 3.32. The van der Waals surface area contributed by atoms with E-state index in [-0.39, 0.29) is 11.8 Å². The van der Waals surface area contributed by atoms with Gasteiger partial charge in [-0.1, -0.05) is 30.3 Å². The van der Waals surface area contributed by atoms with Gasteiger partial charge in [-0.2, -0.15) is 0 Å². The summed E-state index contributed by atoms with van der Waals surface area (Å²) >= 11 is 1.45. The van der Waals surface area contributed by atoms with E-state index in [0.717, 1.165) is 10.6 Å². The molecule has 0 radical (unpaired) electrons. The largest absolute Gasteiger partial charge is 0.347 e. The van der Waals surface area contributed by atoms with Crippen molar-refractivity contribution < 1.29 is 9.59 Å². The van der Waals surface area contributed by atoms with Crippen molar-refractivity contribution in [3.8, 4) is 0 Å². The van der Waals surface area contributed by atoms with Gasteiger partial charge in [-0.3, -0.25) is 9.59 Å². The van der Waals surface area contributed by atoms with Gasteiger partial charge in [0.15, 0.2) is 0 Å². The Balaban J connectivity index is 1.99. The van der Waals surface area contributed by atoms with Gasteiger partial charge in [0.1, 0.15) is 11.7 Å². The molecule has 6 heteroatoms. The molecular formula is C16H19N3O2S. The Labute approximate surface area is 134 Å². The molecule has 22 heavy (non-hydrogen) atoms. The van der Waals surface area contributed by atoms with Crippen LogP contribution in [-0.2, 0) is 11.2 Å². The maximum Gasteiger partial charge on any atom is 0.271 e. The van der Waals surface area contributed by atoms with Crippen molar-refractivity contribution in [1.82, 2.24) is 15.2 Å². The van der Waals surface area contributed by atoms with Crippen LogP contribution in [0.1, 0.15) is 28.0 Å². The molecule has 0 fully saturated rings. The molecule has 2 rings (SSSR count). The lowest BCUT2D eigenvalue weighted by Crippen LogP contribution is -2.44. The fourth-order valence-corrected chi connectivity index (χ4v) is 2.79. The molecule has 0 unspecified atom stereocenters. The number of benzene rings is 1. The summed E-state index contributed by atoms with van der Waals surface area (Å²) in [4.78, 5) is 29.7. The van der Waals surface area contributed by atoms with Crippen LogP contribution in [0, 0.1) is 0 Å². The minimum Gasteiger partial charge on any atom is -0.347 e. The van der Waals surface area contributed by atoms with E-state index < -0.39 is 6.04 Å². The van der Waals surface area contributed by atoms with Crippen molar-refractivity contribution in [2.45, 2.75) is 19.4 Å². The van der Waals surface area contributed by atoms with E-state index in [1.54, 1.807) is 26.4 Å². The topological polar surface area (TPSA) is 62.3 Å². The summed E-state index contributed by atoms with van der Waals surface area (Å²) in [6.45, 7) is 1.66. The quantitative estimate of drug-likeness (QED) is 0.917. The van der Waals surface area contributed by atoms with Gasteiger partial charge >= 0.3 is 0 Å². The lowest BCUT2D eigenvalue weighted by atomic mass is 10.2. The molecule has 1 aromatic heterocycles. The third-order valence-corrected chi connectivity index (χ3v) is 3.99. The number of likely N-dealkylation sites (N-methyl/N-ethyl adjacent to an activating group) is 1. The highest BCUT2D eigenvalue weighted by molar-refractivity contribution is 7.09. The Morgan fingerprint density at radius 1 is 1.27 bits per heavy atom. The van der Waals surface area contributed by atoms with Crippen LogP contribution in [0.25, 0.3) is 0 Å². The normalized spacial score (nSPS) is 11.8. The van der Waals surface area contributed by atoms with E-state index in [1.807, 2.05) is 30.3 Å². The summed E-state index contributed by atoms with van der Waals surface area (Å²) in [5, 5.41) is 5.27. The monoisotopic (exact) mass is 317 g/mol. The molecule has 5 nitrogen and oxygen atoms in total. The van der Waals surface area contributed by atoms with Gasteiger partial charge in [0.25, 0.3) is 5.91 Å². The fraction of sp³-hybridized carbons (Fsp3) is 0.312. The first-order valence-electron chi connectivity index (χ1n) is 6.97. The number of amides is 2. The summed E-state index contributed by atoms with van der Waals surface area (Å²) in [6.07, 6.45) is 0.699. The molecular weight excluding hydrogens is 298 g/mol. The van der Waals surface area contributed by atoms with Crippen LogP contribution < -0.4 is 5.32 Å². The lowest BCUT2D eigenvalue weighted by Gasteiger charge is -2.17. The number of hydrogen-bond acceptors (Lipinski definition) is 4. The van der Waals surface area contributed by atoms with Crippen LogP contribution >= 0.6 is 11.3 Å². The summed E-state index contributed by atoms with van der Waals surface area (Å²) in [6, 6.07) is 9.41. The SMILES string of the molecule is C[C@H](NC(=O)c1csc(Cc2ccccc2)n1)C(=O)N(C)C. The first-order chi connectivity index (χ1) is 10.5. The van der Waals surface area contributed by atoms with Crippen molar-refractivity contribution in [2.75, 3.05) is 14.1 Å². The van der Waals surface area contributed by atoms with Gasteiger partial charge in [-0.15, -0.1) is 11.3 Å². The van der Waals surface area contributed by atoms with Gasteiger partial charge in [0, 0.05) is 25.9 Å². The maximum atomic E-state index is 12.1. The average Bonchev–Trinajstić information content (AvgIpc) is 2.96.